The molecule has 2 aromatic heterocycles. The van der Waals surface area contributed by atoms with E-state index in [1.54, 1.807) is 24.5 Å². The first-order chi connectivity index (χ1) is 12.8. The third-order valence-corrected chi connectivity index (χ3v) is 3.59. The third-order valence-electron chi connectivity index (χ3n) is 3.59. The molecule has 3 aromatic rings. The van der Waals surface area contributed by atoms with Crippen LogP contribution in [-0.2, 0) is 6.54 Å². The molecule has 0 unspecified atom stereocenters. The lowest BCUT2D eigenvalue weighted by molar-refractivity contribution is 0.0953. The number of nitrogens with zero attached hydrogens (tertiary/aromatic N) is 3. The summed E-state index contributed by atoms with van der Waals surface area (Å²) in [5, 5.41) is 5.97. The van der Waals surface area contributed by atoms with Crippen LogP contribution in [0, 0.1) is 0 Å². The number of carbonyl (C=O) groups is 1. The van der Waals surface area contributed by atoms with Crippen LogP contribution in [0.5, 0.6) is 0 Å². The number of hydrogen-bond acceptors (Lipinski definition) is 5. The minimum atomic E-state index is -0.270. The van der Waals surface area contributed by atoms with Crippen molar-refractivity contribution < 1.29 is 4.79 Å². The number of amides is 1. The molecule has 2 N–H and O–H groups in total. The molecule has 130 valence electrons. The first-order valence-electron chi connectivity index (χ1n) is 8.22. The van der Waals surface area contributed by atoms with Crippen molar-refractivity contribution in [2.45, 2.75) is 6.54 Å². The van der Waals surface area contributed by atoms with Crippen LogP contribution in [0.25, 0.3) is 11.4 Å². The second-order valence-corrected chi connectivity index (χ2v) is 5.54. The van der Waals surface area contributed by atoms with Crippen molar-refractivity contribution in [1.82, 2.24) is 20.3 Å². The molecule has 1 amide bonds. The highest BCUT2D eigenvalue weighted by atomic mass is 16.1. The zero-order chi connectivity index (χ0) is 18.2. The molecule has 6 nitrogen and oxygen atoms in total. The fraction of sp³-hybridized carbons (Fsp3) is 0.100. The van der Waals surface area contributed by atoms with Crippen LogP contribution in [0.3, 0.4) is 0 Å². The number of hydrogen-bond donors (Lipinski definition) is 2. The maximum Gasteiger partial charge on any atom is 0.270 e. The van der Waals surface area contributed by atoms with E-state index in [1.165, 1.54) is 0 Å². The summed E-state index contributed by atoms with van der Waals surface area (Å²) in [5.74, 6) is 0.797. The summed E-state index contributed by atoms with van der Waals surface area (Å²) >= 11 is 0. The molecule has 3 rings (SSSR count). The van der Waals surface area contributed by atoms with Crippen molar-refractivity contribution >= 4 is 11.7 Å². The van der Waals surface area contributed by atoms with Crippen LogP contribution in [0.1, 0.15) is 16.1 Å². The molecule has 2 heterocycles. The Hall–Kier alpha value is -3.54. The minimum absolute atomic E-state index is 0.270. The Morgan fingerprint density at radius 3 is 2.69 bits per heavy atom. The molecular formula is C20H19N5O. The average molecular weight is 345 g/mol. The molecule has 0 spiro atoms. The molecule has 1 aromatic carbocycles. The van der Waals surface area contributed by atoms with Gasteiger partial charge in [-0.1, -0.05) is 42.5 Å². The second kappa shape index (κ2) is 8.53. The number of carbonyl (C=O) groups excluding carboxylic acids is 1. The molecule has 0 aliphatic carbocycles. The van der Waals surface area contributed by atoms with E-state index < -0.39 is 0 Å². The highest BCUT2D eigenvalue weighted by Gasteiger charge is 2.12. The lowest BCUT2D eigenvalue weighted by Crippen LogP contribution is -2.24. The van der Waals surface area contributed by atoms with E-state index in [2.05, 4.69) is 32.2 Å². The highest BCUT2D eigenvalue weighted by molar-refractivity contribution is 5.93. The molecule has 0 saturated heterocycles. The molecule has 6 heteroatoms. The molecule has 0 bridgehead atoms. The van der Waals surface area contributed by atoms with Gasteiger partial charge in [0, 0.05) is 37.1 Å². The minimum Gasteiger partial charge on any atom is -0.366 e. The van der Waals surface area contributed by atoms with Crippen molar-refractivity contribution in [3.8, 4) is 11.4 Å². The van der Waals surface area contributed by atoms with Gasteiger partial charge in [-0.3, -0.25) is 9.78 Å². The first-order valence-corrected chi connectivity index (χ1v) is 8.22. The van der Waals surface area contributed by atoms with Crippen molar-refractivity contribution in [3.63, 3.8) is 0 Å². The molecule has 0 radical (unpaired) electrons. The lowest BCUT2D eigenvalue weighted by atomic mass is 10.2. The Morgan fingerprint density at radius 1 is 1.12 bits per heavy atom. The quantitative estimate of drug-likeness (QED) is 0.643. The lowest BCUT2D eigenvalue weighted by Gasteiger charge is -2.10. The number of aromatic nitrogens is 3. The Kier molecular flexibility index (Phi) is 5.67. The van der Waals surface area contributed by atoms with Crippen LogP contribution in [-0.4, -0.2) is 27.4 Å². The van der Waals surface area contributed by atoms with Crippen LogP contribution >= 0.6 is 0 Å². The normalized spacial score (nSPS) is 10.2. The second-order valence-electron chi connectivity index (χ2n) is 5.54. The van der Waals surface area contributed by atoms with E-state index in [0.717, 1.165) is 11.1 Å². The van der Waals surface area contributed by atoms with E-state index >= 15 is 0 Å². The SMILES string of the molecule is C=CCNC(=O)c1cc(NCc2cccnc2)nc(-c2ccccc2)n1. The van der Waals surface area contributed by atoms with Gasteiger partial charge < -0.3 is 10.6 Å². The van der Waals surface area contributed by atoms with Crippen LogP contribution < -0.4 is 10.6 Å². The van der Waals surface area contributed by atoms with Gasteiger partial charge in [0.2, 0.25) is 0 Å². The predicted octanol–water partition coefficient (Wildman–Crippen LogP) is 3.07. The molecular weight excluding hydrogens is 326 g/mol. The fourth-order valence-corrected chi connectivity index (χ4v) is 2.32. The van der Waals surface area contributed by atoms with E-state index in [1.807, 2.05) is 42.5 Å². The van der Waals surface area contributed by atoms with Crippen LogP contribution in [0.15, 0.2) is 73.6 Å². The number of nitrogens with one attached hydrogen (secondary N) is 2. The molecule has 0 fully saturated rings. The van der Waals surface area contributed by atoms with Crippen LogP contribution in [0.2, 0.25) is 0 Å². The van der Waals surface area contributed by atoms with Gasteiger partial charge in [0.1, 0.15) is 11.5 Å². The standard InChI is InChI=1S/C20H19N5O/c1-2-10-22-20(26)17-12-18(23-14-15-7-6-11-21-13-15)25-19(24-17)16-8-4-3-5-9-16/h2-9,11-13H,1,10,14H2,(H,22,26)(H,23,24,25). The summed E-state index contributed by atoms with van der Waals surface area (Å²) in [6.45, 7) is 4.53. The summed E-state index contributed by atoms with van der Waals surface area (Å²) in [7, 11) is 0. The Bertz CT molecular complexity index is 881. The molecule has 26 heavy (non-hydrogen) atoms. The zero-order valence-corrected chi connectivity index (χ0v) is 14.2. The average Bonchev–Trinajstić information content (AvgIpc) is 2.71. The number of anilines is 1. The summed E-state index contributed by atoms with van der Waals surface area (Å²) in [5.41, 5.74) is 2.16. The number of benzene rings is 1. The van der Waals surface area contributed by atoms with Crippen molar-refractivity contribution in [2.24, 2.45) is 0 Å². The van der Waals surface area contributed by atoms with Gasteiger partial charge in [0.05, 0.1) is 0 Å². The summed E-state index contributed by atoms with van der Waals surface area (Å²) in [4.78, 5) is 25.4. The Morgan fingerprint density at radius 2 is 1.96 bits per heavy atom. The Labute approximate surface area is 152 Å². The van der Waals surface area contributed by atoms with Gasteiger partial charge in [-0.05, 0) is 11.6 Å². The van der Waals surface area contributed by atoms with Gasteiger partial charge in [0.15, 0.2) is 5.82 Å². The third kappa shape index (κ3) is 4.51. The van der Waals surface area contributed by atoms with E-state index in [9.17, 15) is 4.79 Å². The monoisotopic (exact) mass is 345 g/mol. The van der Waals surface area contributed by atoms with Crippen molar-refractivity contribution in [1.29, 1.82) is 0 Å². The molecule has 0 saturated carbocycles. The molecule has 0 aliphatic rings. The van der Waals surface area contributed by atoms with Crippen molar-refractivity contribution in [3.05, 3.63) is 84.8 Å². The van der Waals surface area contributed by atoms with E-state index in [4.69, 9.17) is 0 Å². The highest BCUT2D eigenvalue weighted by Crippen LogP contribution is 2.18. The Balaban J connectivity index is 1.89. The number of rotatable bonds is 7. The topological polar surface area (TPSA) is 79.8 Å². The van der Waals surface area contributed by atoms with Gasteiger partial charge in [-0.15, -0.1) is 6.58 Å². The largest absolute Gasteiger partial charge is 0.366 e. The summed E-state index contributed by atoms with van der Waals surface area (Å²) < 4.78 is 0. The smallest absolute Gasteiger partial charge is 0.270 e. The molecule has 0 atom stereocenters. The summed E-state index contributed by atoms with van der Waals surface area (Å²) in [6, 6.07) is 15.0. The maximum absolute atomic E-state index is 12.3. The zero-order valence-electron chi connectivity index (χ0n) is 14.2. The predicted molar refractivity (Wildman–Crippen MR) is 102 cm³/mol. The van der Waals surface area contributed by atoms with E-state index in [0.29, 0.717) is 30.4 Å². The first kappa shape index (κ1) is 17.3. The fourth-order valence-electron chi connectivity index (χ4n) is 2.32. The van der Waals surface area contributed by atoms with Gasteiger partial charge in [-0.25, -0.2) is 9.97 Å². The maximum atomic E-state index is 12.3. The van der Waals surface area contributed by atoms with Crippen molar-refractivity contribution in [2.75, 3.05) is 11.9 Å². The van der Waals surface area contributed by atoms with Gasteiger partial charge in [-0.2, -0.15) is 0 Å². The van der Waals surface area contributed by atoms with Gasteiger partial charge >= 0.3 is 0 Å². The number of pyridine rings is 1. The van der Waals surface area contributed by atoms with E-state index in [-0.39, 0.29) is 5.91 Å². The van der Waals surface area contributed by atoms with Crippen LogP contribution in [0.4, 0.5) is 5.82 Å². The van der Waals surface area contributed by atoms with Gasteiger partial charge in [0.25, 0.3) is 5.91 Å². The molecule has 0 aliphatic heterocycles. The summed E-state index contributed by atoms with van der Waals surface area (Å²) in [6.07, 6.45) is 5.13.